The number of hydrogen-bond acceptors (Lipinski definition) is 2. The Hall–Kier alpha value is -1.06. The molecule has 0 aromatic heterocycles. The monoisotopic (exact) mass is 249 g/mol. The molecule has 0 amide bonds. The van der Waals surface area contributed by atoms with Crippen LogP contribution in [0.1, 0.15) is 37.2 Å². The van der Waals surface area contributed by atoms with Crippen LogP contribution in [0.4, 0.5) is 0 Å². The zero-order valence-electron chi connectivity index (χ0n) is 11.3. The molecule has 0 radical (unpaired) electrons. The van der Waals surface area contributed by atoms with Crippen molar-refractivity contribution in [3.05, 3.63) is 35.0 Å². The Morgan fingerprint density at radius 2 is 2.00 bits per heavy atom. The van der Waals surface area contributed by atoms with E-state index in [1.54, 1.807) is 20.2 Å². The Morgan fingerprint density at radius 3 is 2.67 bits per heavy atom. The van der Waals surface area contributed by atoms with E-state index in [-0.39, 0.29) is 4.65 Å². The van der Waals surface area contributed by atoms with E-state index in [0.29, 0.717) is 24.1 Å². The molecule has 0 unspecified atom stereocenters. The van der Waals surface area contributed by atoms with Crippen LogP contribution in [-0.2, 0) is 0 Å². The van der Waals surface area contributed by atoms with Gasteiger partial charge in [-0.15, -0.1) is 0 Å². The van der Waals surface area contributed by atoms with E-state index in [1.807, 2.05) is 12.1 Å². The molecule has 1 aromatic carbocycles. The molecule has 0 spiro atoms. The molecule has 2 atom stereocenters. The highest BCUT2D eigenvalue weighted by Gasteiger charge is 2.29. The first-order chi connectivity index (χ1) is 8.46. The van der Waals surface area contributed by atoms with Gasteiger partial charge in [0.2, 0.25) is 0 Å². The predicted octanol–water partition coefficient (Wildman–Crippen LogP) is 3.24. The SMILES string of the molecule is C[N+](C)([O-])C[C@@H]1CCCC[C@H]1c1cccc(O)c1. The number of rotatable bonds is 3. The molecule has 18 heavy (non-hydrogen) atoms. The van der Waals surface area contributed by atoms with Gasteiger partial charge in [-0.25, -0.2) is 0 Å². The summed E-state index contributed by atoms with van der Waals surface area (Å²) in [6, 6.07) is 7.53. The number of hydrogen-bond donors (Lipinski definition) is 1. The molecule has 2 rings (SSSR count). The summed E-state index contributed by atoms with van der Waals surface area (Å²) in [5.41, 5.74) is 1.19. The minimum Gasteiger partial charge on any atom is -0.633 e. The van der Waals surface area contributed by atoms with E-state index in [4.69, 9.17) is 0 Å². The Bertz CT molecular complexity index is 398. The lowest BCUT2D eigenvalue weighted by Gasteiger charge is -2.41. The van der Waals surface area contributed by atoms with E-state index >= 15 is 0 Å². The standard InChI is InChI=1S/C15H23NO2/c1-16(2,18)11-13-6-3-4-9-15(13)12-7-5-8-14(17)10-12/h5,7-8,10,13,15,17H,3-4,6,9,11H2,1-2H3/t13-,15-/m0/s1. The molecule has 1 fully saturated rings. The largest absolute Gasteiger partial charge is 0.633 e. The van der Waals surface area contributed by atoms with Gasteiger partial charge in [-0.3, -0.25) is 0 Å². The van der Waals surface area contributed by atoms with Crippen LogP contribution >= 0.6 is 0 Å². The number of phenols is 1. The summed E-state index contributed by atoms with van der Waals surface area (Å²) < 4.78 is -0.222. The summed E-state index contributed by atoms with van der Waals surface area (Å²) in [4.78, 5) is 0. The van der Waals surface area contributed by atoms with Crippen LogP contribution in [-0.4, -0.2) is 30.4 Å². The minimum atomic E-state index is -0.222. The molecule has 0 heterocycles. The molecule has 1 saturated carbocycles. The molecule has 1 N–H and O–H groups in total. The molecule has 1 aromatic rings. The summed E-state index contributed by atoms with van der Waals surface area (Å²) in [5.74, 6) is 1.19. The Balaban J connectivity index is 2.17. The van der Waals surface area contributed by atoms with Gasteiger partial charge in [0.25, 0.3) is 0 Å². The second kappa shape index (κ2) is 5.29. The second-order valence-electron chi connectivity index (χ2n) is 6.00. The molecule has 100 valence electrons. The van der Waals surface area contributed by atoms with E-state index in [0.717, 1.165) is 12.8 Å². The number of quaternary nitrogens is 1. The van der Waals surface area contributed by atoms with Crippen LogP contribution in [0.5, 0.6) is 5.75 Å². The first kappa shape index (κ1) is 13.4. The smallest absolute Gasteiger partial charge is 0.115 e. The maximum Gasteiger partial charge on any atom is 0.115 e. The highest BCUT2D eigenvalue weighted by Crippen LogP contribution is 2.39. The third-order valence-electron chi connectivity index (χ3n) is 3.88. The Kier molecular flexibility index (Phi) is 3.93. The highest BCUT2D eigenvalue weighted by molar-refractivity contribution is 5.30. The van der Waals surface area contributed by atoms with Crippen molar-refractivity contribution in [2.24, 2.45) is 5.92 Å². The maximum atomic E-state index is 11.9. The average molecular weight is 249 g/mol. The first-order valence-electron chi connectivity index (χ1n) is 6.78. The number of phenolic OH excluding ortho intramolecular Hbond substituents is 1. The average Bonchev–Trinajstić information content (AvgIpc) is 2.27. The number of hydroxylamine groups is 3. The fourth-order valence-electron chi connectivity index (χ4n) is 3.19. The van der Waals surface area contributed by atoms with Crippen molar-refractivity contribution in [1.29, 1.82) is 0 Å². The van der Waals surface area contributed by atoms with Gasteiger partial charge in [0.1, 0.15) is 5.75 Å². The summed E-state index contributed by atoms with van der Waals surface area (Å²) in [5, 5.41) is 21.5. The van der Waals surface area contributed by atoms with E-state index in [9.17, 15) is 10.3 Å². The van der Waals surface area contributed by atoms with Crippen molar-refractivity contribution < 1.29 is 9.75 Å². The topological polar surface area (TPSA) is 43.3 Å². The van der Waals surface area contributed by atoms with Crippen LogP contribution in [0.3, 0.4) is 0 Å². The third-order valence-corrected chi connectivity index (χ3v) is 3.88. The maximum absolute atomic E-state index is 11.9. The Morgan fingerprint density at radius 1 is 1.28 bits per heavy atom. The van der Waals surface area contributed by atoms with Gasteiger partial charge in [-0.2, -0.15) is 0 Å². The van der Waals surface area contributed by atoms with Gasteiger partial charge in [-0.05, 0) is 36.5 Å². The molecule has 1 aliphatic rings. The molecule has 1 aliphatic carbocycles. The van der Waals surface area contributed by atoms with Crippen molar-refractivity contribution in [2.45, 2.75) is 31.6 Å². The van der Waals surface area contributed by atoms with Crippen LogP contribution in [0.15, 0.2) is 24.3 Å². The number of nitrogens with zero attached hydrogens (tertiary/aromatic N) is 1. The summed E-state index contributed by atoms with van der Waals surface area (Å²) in [6.07, 6.45) is 4.71. The van der Waals surface area contributed by atoms with Crippen molar-refractivity contribution in [2.75, 3.05) is 20.6 Å². The zero-order chi connectivity index (χ0) is 13.2. The lowest BCUT2D eigenvalue weighted by molar-refractivity contribution is -0.844. The Labute approximate surface area is 109 Å². The van der Waals surface area contributed by atoms with Crippen LogP contribution in [0, 0.1) is 11.1 Å². The first-order valence-corrected chi connectivity index (χ1v) is 6.78. The molecule has 0 bridgehead atoms. The molecular formula is C15H23NO2. The van der Waals surface area contributed by atoms with Gasteiger partial charge in [0, 0.05) is 5.92 Å². The van der Waals surface area contributed by atoms with E-state index in [2.05, 4.69) is 6.07 Å². The quantitative estimate of drug-likeness (QED) is 0.660. The van der Waals surface area contributed by atoms with Crippen LogP contribution < -0.4 is 0 Å². The zero-order valence-corrected chi connectivity index (χ0v) is 11.3. The van der Waals surface area contributed by atoms with Gasteiger partial charge < -0.3 is 15.0 Å². The van der Waals surface area contributed by atoms with Gasteiger partial charge in [-0.1, -0.05) is 25.0 Å². The molecule has 0 aliphatic heterocycles. The fourth-order valence-corrected chi connectivity index (χ4v) is 3.19. The molecular weight excluding hydrogens is 226 g/mol. The van der Waals surface area contributed by atoms with Crippen LogP contribution in [0.2, 0.25) is 0 Å². The van der Waals surface area contributed by atoms with Crippen molar-refractivity contribution >= 4 is 0 Å². The van der Waals surface area contributed by atoms with E-state index < -0.39 is 0 Å². The second-order valence-corrected chi connectivity index (χ2v) is 6.00. The molecule has 3 heteroatoms. The molecule has 0 saturated heterocycles. The fraction of sp³-hybridized carbons (Fsp3) is 0.600. The summed E-state index contributed by atoms with van der Waals surface area (Å²) in [6.45, 7) is 0.667. The number of benzene rings is 1. The van der Waals surface area contributed by atoms with Gasteiger partial charge in [0.05, 0.1) is 20.6 Å². The summed E-state index contributed by atoms with van der Waals surface area (Å²) in [7, 11) is 3.43. The molecule has 3 nitrogen and oxygen atoms in total. The minimum absolute atomic E-state index is 0.222. The van der Waals surface area contributed by atoms with E-state index in [1.165, 1.54) is 18.4 Å². The van der Waals surface area contributed by atoms with Crippen LogP contribution in [0.25, 0.3) is 0 Å². The highest BCUT2D eigenvalue weighted by atomic mass is 16.5. The third kappa shape index (κ3) is 3.47. The van der Waals surface area contributed by atoms with Gasteiger partial charge in [0.15, 0.2) is 0 Å². The predicted molar refractivity (Wildman–Crippen MR) is 73.1 cm³/mol. The summed E-state index contributed by atoms with van der Waals surface area (Å²) >= 11 is 0. The lowest BCUT2D eigenvalue weighted by atomic mass is 9.75. The van der Waals surface area contributed by atoms with Gasteiger partial charge >= 0.3 is 0 Å². The van der Waals surface area contributed by atoms with Crippen molar-refractivity contribution in [3.8, 4) is 5.75 Å². The lowest BCUT2D eigenvalue weighted by Crippen LogP contribution is -2.40. The normalized spacial score (nSPS) is 25.1. The number of aromatic hydroxyl groups is 1. The van der Waals surface area contributed by atoms with Crippen molar-refractivity contribution in [1.82, 2.24) is 0 Å². The van der Waals surface area contributed by atoms with Crippen molar-refractivity contribution in [3.63, 3.8) is 0 Å².